The van der Waals surface area contributed by atoms with E-state index in [1.807, 2.05) is 12.2 Å². The van der Waals surface area contributed by atoms with Crippen molar-refractivity contribution in [3.8, 4) is 0 Å². The van der Waals surface area contributed by atoms with Crippen molar-refractivity contribution < 1.29 is 14.3 Å². The monoisotopic (exact) mass is 343 g/mol. The molecule has 3 heterocycles. The second-order valence-electron chi connectivity index (χ2n) is 5.23. The quantitative estimate of drug-likeness (QED) is 0.447. The van der Waals surface area contributed by atoms with Crippen LogP contribution < -0.4 is 4.90 Å². The first-order valence-electron chi connectivity index (χ1n) is 6.35. The van der Waals surface area contributed by atoms with Gasteiger partial charge in [-0.2, -0.15) is 0 Å². The number of benzene rings is 1. The Bertz CT molecular complexity index is 688. The van der Waals surface area contributed by atoms with Crippen LogP contribution in [0.2, 0.25) is 15.1 Å². The lowest BCUT2D eigenvalue weighted by Crippen LogP contribution is -2.34. The molecule has 2 fully saturated rings. The van der Waals surface area contributed by atoms with Crippen molar-refractivity contribution in [3.05, 3.63) is 39.4 Å². The van der Waals surface area contributed by atoms with E-state index in [-0.39, 0.29) is 44.8 Å². The second-order valence-corrected chi connectivity index (χ2v) is 6.45. The normalized spacial score (nSPS) is 33.2. The molecule has 0 spiro atoms. The third-order valence-electron chi connectivity index (χ3n) is 4.14. The standard InChI is InChI=1S/C14H8Cl3NO3/c15-5-3-7(17)8(4-6(5)16)18-13(19)11-9-1-2-10(21-9)12(11)14(18)20/h1-4,9-12H/t9-,10+,11-,12+. The number of fused-ring (bicyclic) bond motifs is 5. The first-order valence-corrected chi connectivity index (χ1v) is 7.48. The Hall–Kier alpha value is -1.07. The van der Waals surface area contributed by atoms with E-state index >= 15 is 0 Å². The molecule has 4 atom stereocenters. The molecule has 1 aromatic rings. The van der Waals surface area contributed by atoms with Gasteiger partial charge < -0.3 is 4.74 Å². The lowest BCUT2D eigenvalue weighted by atomic mass is 9.85. The number of carbonyl (C=O) groups excluding carboxylic acids is 2. The summed E-state index contributed by atoms with van der Waals surface area (Å²) in [6.07, 6.45) is 3.00. The molecule has 21 heavy (non-hydrogen) atoms. The molecule has 0 N–H and O–H groups in total. The number of carbonyl (C=O) groups is 2. The zero-order valence-electron chi connectivity index (χ0n) is 10.4. The van der Waals surface area contributed by atoms with Crippen LogP contribution in [0.25, 0.3) is 0 Å². The Kier molecular flexibility index (Phi) is 2.89. The molecule has 2 saturated heterocycles. The maximum atomic E-state index is 12.6. The SMILES string of the molecule is O=C1[C@@H]2[C@H](C(=O)N1c1cc(Cl)c(Cl)cc1Cl)[C@H]1C=C[C@@H]2O1. The van der Waals surface area contributed by atoms with Crippen LogP contribution in [0.3, 0.4) is 0 Å². The Morgan fingerprint density at radius 3 is 1.95 bits per heavy atom. The van der Waals surface area contributed by atoms with Gasteiger partial charge >= 0.3 is 0 Å². The molecule has 4 nitrogen and oxygen atoms in total. The van der Waals surface area contributed by atoms with Crippen LogP contribution in [-0.4, -0.2) is 24.0 Å². The molecule has 4 rings (SSSR count). The predicted octanol–water partition coefficient (Wildman–Crippen LogP) is 3.09. The predicted molar refractivity (Wildman–Crippen MR) is 78.7 cm³/mol. The van der Waals surface area contributed by atoms with E-state index in [2.05, 4.69) is 0 Å². The van der Waals surface area contributed by atoms with Gasteiger partial charge in [0.1, 0.15) is 0 Å². The van der Waals surface area contributed by atoms with Crippen LogP contribution >= 0.6 is 34.8 Å². The molecule has 2 bridgehead atoms. The third kappa shape index (κ3) is 1.73. The average molecular weight is 345 g/mol. The van der Waals surface area contributed by atoms with Gasteiger partial charge in [-0.3, -0.25) is 9.59 Å². The van der Waals surface area contributed by atoms with Crippen molar-refractivity contribution in [2.75, 3.05) is 4.90 Å². The summed E-state index contributed by atoms with van der Waals surface area (Å²) in [6, 6.07) is 2.87. The summed E-state index contributed by atoms with van der Waals surface area (Å²) in [6.45, 7) is 0. The van der Waals surface area contributed by atoms with Crippen molar-refractivity contribution in [2.24, 2.45) is 11.8 Å². The molecule has 3 aliphatic rings. The summed E-state index contributed by atoms with van der Waals surface area (Å²) in [7, 11) is 0. The summed E-state index contributed by atoms with van der Waals surface area (Å²) < 4.78 is 5.58. The fourth-order valence-electron chi connectivity index (χ4n) is 3.22. The summed E-state index contributed by atoms with van der Waals surface area (Å²) in [5.74, 6) is -1.56. The molecule has 2 amide bonds. The first-order chi connectivity index (χ1) is 9.99. The number of amides is 2. The molecule has 0 aromatic heterocycles. The maximum absolute atomic E-state index is 12.6. The lowest BCUT2D eigenvalue weighted by Gasteiger charge is -2.19. The van der Waals surface area contributed by atoms with Gasteiger partial charge in [0, 0.05) is 0 Å². The molecule has 3 aliphatic heterocycles. The summed E-state index contributed by atoms with van der Waals surface area (Å²) >= 11 is 18.0. The van der Waals surface area contributed by atoms with Gasteiger partial charge in [0.15, 0.2) is 0 Å². The van der Waals surface area contributed by atoms with Crippen LogP contribution in [0, 0.1) is 11.8 Å². The highest BCUT2D eigenvalue weighted by molar-refractivity contribution is 6.44. The third-order valence-corrected chi connectivity index (χ3v) is 5.17. The number of anilines is 1. The number of halogens is 3. The van der Waals surface area contributed by atoms with Gasteiger partial charge in [-0.05, 0) is 12.1 Å². The Morgan fingerprint density at radius 1 is 0.857 bits per heavy atom. The Morgan fingerprint density at radius 2 is 1.38 bits per heavy atom. The van der Waals surface area contributed by atoms with E-state index in [1.165, 1.54) is 12.1 Å². The fourth-order valence-corrected chi connectivity index (χ4v) is 3.85. The molecule has 0 radical (unpaired) electrons. The number of hydrogen-bond donors (Lipinski definition) is 0. The smallest absolute Gasteiger partial charge is 0.240 e. The average Bonchev–Trinajstić information content (AvgIpc) is 3.09. The summed E-state index contributed by atoms with van der Waals surface area (Å²) in [5.41, 5.74) is 0.273. The van der Waals surface area contributed by atoms with E-state index in [0.717, 1.165) is 4.90 Å². The molecule has 0 aliphatic carbocycles. The minimum atomic E-state index is -0.474. The lowest BCUT2D eigenvalue weighted by molar-refractivity contribution is -0.124. The van der Waals surface area contributed by atoms with E-state index in [9.17, 15) is 9.59 Å². The van der Waals surface area contributed by atoms with Gasteiger partial charge in [0.05, 0.1) is 44.8 Å². The van der Waals surface area contributed by atoms with Crippen molar-refractivity contribution in [1.82, 2.24) is 0 Å². The van der Waals surface area contributed by atoms with Crippen molar-refractivity contribution >= 4 is 52.3 Å². The number of nitrogens with zero attached hydrogens (tertiary/aromatic N) is 1. The van der Waals surface area contributed by atoms with Crippen molar-refractivity contribution in [1.29, 1.82) is 0 Å². The van der Waals surface area contributed by atoms with Crippen molar-refractivity contribution in [2.45, 2.75) is 12.2 Å². The van der Waals surface area contributed by atoms with Gasteiger partial charge in [-0.15, -0.1) is 0 Å². The fraction of sp³-hybridized carbons (Fsp3) is 0.286. The summed E-state index contributed by atoms with van der Waals surface area (Å²) in [4.78, 5) is 26.3. The van der Waals surface area contributed by atoms with Crippen LogP contribution in [0.15, 0.2) is 24.3 Å². The maximum Gasteiger partial charge on any atom is 0.240 e. The van der Waals surface area contributed by atoms with Gasteiger partial charge in [-0.25, -0.2) is 4.90 Å². The first kappa shape index (κ1) is 13.6. The van der Waals surface area contributed by atoms with Gasteiger partial charge in [-0.1, -0.05) is 47.0 Å². The molecule has 108 valence electrons. The number of imide groups is 1. The molecule has 0 unspecified atom stereocenters. The Balaban J connectivity index is 1.80. The minimum Gasteiger partial charge on any atom is -0.365 e. The van der Waals surface area contributed by atoms with Crippen LogP contribution in [0.1, 0.15) is 0 Å². The van der Waals surface area contributed by atoms with Gasteiger partial charge in [0.2, 0.25) is 11.8 Å². The highest BCUT2D eigenvalue weighted by Crippen LogP contribution is 2.48. The van der Waals surface area contributed by atoms with Crippen LogP contribution in [0.4, 0.5) is 5.69 Å². The Labute approximate surface area is 135 Å². The molecular formula is C14H8Cl3NO3. The largest absolute Gasteiger partial charge is 0.365 e. The highest BCUT2D eigenvalue weighted by Gasteiger charge is 2.61. The number of ether oxygens (including phenoxy) is 1. The van der Waals surface area contributed by atoms with Crippen LogP contribution in [0.5, 0.6) is 0 Å². The zero-order chi connectivity index (χ0) is 14.9. The van der Waals surface area contributed by atoms with E-state index in [0.29, 0.717) is 0 Å². The number of hydrogen-bond acceptors (Lipinski definition) is 3. The molecule has 7 heteroatoms. The van der Waals surface area contributed by atoms with Crippen molar-refractivity contribution in [3.63, 3.8) is 0 Å². The molecular weight excluding hydrogens is 337 g/mol. The summed E-state index contributed by atoms with van der Waals surface area (Å²) in [5, 5.41) is 0.730. The van der Waals surface area contributed by atoms with E-state index in [1.54, 1.807) is 0 Å². The molecule has 1 aromatic carbocycles. The minimum absolute atomic E-state index is 0.215. The van der Waals surface area contributed by atoms with E-state index < -0.39 is 11.8 Å². The molecule has 0 saturated carbocycles. The van der Waals surface area contributed by atoms with Gasteiger partial charge in [0.25, 0.3) is 0 Å². The number of rotatable bonds is 1. The van der Waals surface area contributed by atoms with E-state index in [4.69, 9.17) is 39.5 Å². The highest BCUT2D eigenvalue weighted by atomic mass is 35.5. The second kappa shape index (κ2) is 4.46. The topological polar surface area (TPSA) is 46.6 Å². The van der Waals surface area contributed by atoms with Crippen LogP contribution in [-0.2, 0) is 14.3 Å². The zero-order valence-corrected chi connectivity index (χ0v) is 12.7.